The molecule has 2 aromatic heterocycles. The van der Waals surface area contributed by atoms with Gasteiger partial charge in [0.2, 0.25) is 0 Å². The molecule has 5 heteroatoms. The molecule has 2 rings (SSSR count). The van der Waals surface area contributed by atoms with Crippen molar-refractivity contribution in [2.24, 2.45) is 0 Å². The van der Waals surface area contributed by atoms with E-state index in [1.165, 1.54) is 17.3 Å². The van der Waals surface area contributed by atoms with Crippen LogP contribution in [0.4, 0.5) is 5.82 Å². The highest BCUT2D eigenvalue weighted by Crippen LogP contribution is 2.16. The van der Waals surface area contributed by atoms with Gasteiger partial charge in [-0.05, 0) is 32.4 Å². The number of anilines is 1. The van der Waals surface area contributed by atoms with Crippen LogP contribution in [0.2, 0.25) is 0 Å². The van der Waals surface area contributed by atoms with Crippen molar-refractivity contribution in [2.45, 2.75) is 27.3 Å². The predicted octanol–water partition coefficient (Wildman–Crippen LogP) is 2.67. The van der Waals surface area contributed by atoms with Gasteiger partial charge in [0.15, 0.2) is 5.82 Å². The lowest BCUT2D eigenvalue weighted by Gasteiger charge is -1.99. The van der Waals surface area contributed by atoms with Gasteiger partial charge in [0.25, 0.3) is 0 Å². The molecule has 0 fully saturated rings. The number of hydrogen-bond donors (Lipinski definition) is 1. The van der Waals surface area contributed by atoms with Crippen molar-refractivity contribution < 1.29 is 4.42 Å². The second-order valence-corrected chi connectivity index (χ2v) is 4.03. The quantitative estimate of drug-likeness (QED) is 0.869. The van der Waals surface area contributed by atoms with Crippen LogP contribution in [0.25, 0.3) is 0 Å². The maximum Gasteiger partial charge on any atom is 0.163 e. The third kappa shape index (κ3) is 2.18. The van der Waals surface area contributed by atoms with E-state index in [0.29, 0.717) is 6.54 Å². The van der Waals surface area contributed by atoms with Crippen LogP contribution >= 0.6 is 11.7 Å². The highest BCUT2D eigenvalue weighted by Gasteiger charge is 2.06. The van der Waals surface area contributed by atoms with Crippen molar-refractivity contribution in [1.82, 2.24) is 8.75 Å². The molecule has 0 amide bonds. The number of nitrogens with one attached hydrogen (secondary N) is 1. The van der Waals surface area contributed by atoms with Crippen LogP contribution in [-0.4, -0.2) is 8.75 Å². The summed E-state index contributed by atoms with van der Waals surface area (Å²) in [6, 6.07) is 2.04. The lowest BCUT2D eigenvalue weighted by molar-refractivity contribution is 0.488. The fraction of sp³-hybridized carbons (Fsp3) is 0.400. The minimum atomic E-state index is 0.654. The molecule has 80 valence electrons. The van der Waals surface area contributed by atoms with Crippen LogP contribution in [0.15, 0.2) is 10.5 Å². The Morgan fingerprint density at radius 2 is 2.13 bits per heavy atom. The van der Waals surface area contributed by atoms with Gasteiger partial charge in [-0.3, -0.25) is 0 Å². The summed E-state index contributed by atoms with van der Waals surface area (Å²) in [6.07, 6.45) is 0. The van der Waals surface area contributed by atoms with E-state index in [0.717, 1.165) is 23.0 Å². The van der Waals surface area contributed by atoms with Gasteiger partial charge in [-0.2, -0.15) is 8.75 Å². The summed E-state index contributed by atoms with van der Waals surface area (Å²) < 4.78 is 13.8. The molecule has 0 radical (unpaired) electrons. The monoisotopic (exact) mass is 223 g/mol. The van der Waals surface area contributed by atoms with Crippen molar-refractivity contribution in [1.29, 1.82) is 0 Å². The van der Waals surface area contributed by atoms with Gasteiger partial charge in [-0.1, -0.05) is 0 Å². The van der Waals surface area contributed by atoms with E-state index in [1.807, 2.05) is 26.8 Å². The zero-order valence-corrected chi connectivity index (χ0v) is 9.81. The van der Waals surface area contributed by atoms with Crippen molar-refractivity contribution in [3.05, 3.63) is 28.8 Å². The SMILES string of the molecule is Cc1cc(CNc2nsnc2C)oc1C. The highest BCUT2D eigenvalue weighted by molar-refractivity contribution is 6.99. The summed E-state index contributed by atoms with van der Waals surface area (Å²) in [7, 11) is 0. The molecule has 2 aromatic rings. The number of aromatic nitrogens is 2. The zero-order valence-electron chi connectivity index (χ0n) is 9.00. The molecular weight excluding hydrogens is 210 g/mol. The van der Waals surface area contributed by atoms with E-state index in [2.05, 4.69) is 14.1 Å². The minimum absolute atomic E-state index is 0.654. The first-order valence-electron chi connectivity index (χ1n) is 4.76. The number of rotatable bonds is 3. The maximum atomic E-state index is 5.55. The summed E-state index contributed by atoms with van der Waals surface area (Å²) in [5.41, 5.74) is 2.11. The molecule has 0 unspecified atom stereocenters. The third-order valence-corrected chi connectivity index (χ3v) is 2.92. The van der Waals surface area contributed by atoms with Gasteiger partial charge in [-0.15, -0.1) is 0 Å². The Labute approximate surface area is 92.7 Å². The predicted molar refractivity (Wildman–Crippen MR) is 60.2 cm³/mol. The fourth-order valence-corrected chi connectivity index (χ4v) is 1.83. The van der Waals surface area contributed by atoms with Gasteiger partial charge in [-0.25, -0.2) is 0 Å². The zero-order chi connectivity index (χ0) is 10.8. The van der Waals surface area contributed by atoms with Crippen LogP contribution < -0.4 is 5.32 Å². The Morgan fingerprint density at radius 3 is 2.67 bits per heavy atom. The molecule has 0 atom stereocenters. The summed E-state index contributed by atoms with van der Waals surface area (Å²) >= 11 is 1.22. The summed E-state index contributed by atoms with van der Waals surface area (Å²) in [6.45, 7) is 6.60. The fourth-order valence-electron chi connectivity index (χ4n) is 1.30. The molecule has 0 aliphatic rings. The number of hydrogen-bond acceptors (Lipinski definition) is 5. The van der Waals surface area contributed by atoms with Crippen LogP contribution in [0, 0.1) is 20.8 Å². The smallest absolute Gasteiger partial charge is 0.163 e. The lowest BCUT2D eigenvalue weighted by Crippen LogP contribution is -1.99. The molecule has 0 bridgehead atoms. The molecule has 0 aliphatic carbocycles. The third-order valence-electron chi connectivity index (χ3n) is 2.30. The molecule has 15 heavy (non-hydrogen) atoms. The van der Waals surface area contributed by atoms with Gasteiger partial charge >= 0.3 is 0 Å². The summed E-state index contributed by atoms with van der Waals surface area (Å²) in [4.78, 5) is 0. The van der Waals surface area contributed by atoms with Crippen molar-refractivity contribution in [2.75, 3.05) is 5.32 Å². The summed E-state index contributed by atoms with van der Waals surface area (Å²) in [5, 5.41) is 3.19. The van der Waals surface area contributed by atoms with Crippen LogP contribution in [0.5, 0.6) is 0 Å². The second kappa shape index (κ2) is 4.02. The largest absolute Gasteiger partial charge is 0.464 e. The number of furan rings is 1. The Balaban J connectivity index is 2.02. The molecule has 4 nitrogen and oxygen atoms in total. The standard InChI is InChI=1S/C10H13N3OS/c1-6-4-9(14-8(6)3)5-11-10-7(2)12-15-13-10/h4H,5H2,1-3H3,(H,11,13). The first-order chi connectivity index (χ1) is 7.16. The molecule has 0 aromatic carbocycles. The molecule has 1 N–H and O–H groups in total. The van der Waals surface area contributed by atoms with E-state index in [-0.39, 0.29) is 0 Å². The molecule has 2 heterocycles. The maximum absolute atomic E-state index is 5.55. The van der Waals surface area contributed by atoms with Crippen LogP contribution in [-0.2, 0) is 6.54 Å². The Hall–Kier alpha value is -1.36. The average molecular weight is 223 g/mol. The first-order valence-corrected chi connectivity index (χ1v) is 5.49. The summed E-state index contributed by atoms with van der Waals surface area (Å²) in [5.74, 6) is 2.74. The minimum Gasteiger partial charge on any atom is -0.464 e. The van der Waals surface area contributed by atoms with E-state index in [4.69, 9.17) is 4.42 Å². The van der Waals surface area contributed by atoms with Crippen molar-refractivity contribution >= 4 is 17.5 Å². The van der Waals surface area contributed by atoms with E-state index < -0.39 is 0 Å². The van der Waals surface area contributed by atoms with Gasteiger partial charge < -0.3 is 9.73 Å². The topological polar surface area (TPSA) is 51.0 Å². The van der Waals surface area contributed by atoms with E-state index in [1.54, 1.807) is 0 Å². The van der Waals surface area contributed by atoms with Crippen LogP contribution in [0.3, 0.4) is 0 Å². The number of aryl methyl sites for hydroxylation is 3. The molecule has 0 spiro atoms. The Morgan fingerprint density at radius 1 is 1.33 bits per heavy atom. The van der Waals surface area contributed by atoms with Gasteiger partial charge in [0.05, 0.1) is 24.0 Å². The average Bonchev–Trinajstić information content (AvgIpc) is 2.72. The van der Waals surface area contributed by atoms with E-state index in [9.17, 15) is 0 Å². The molecule has 0 aliphatic heterocycles. The molecule has 0 saturated carbocycles. The van der Waals surface area contributed by atoms with Gasteiger partial charge in [0, 0.05) is 0 Å². The normalized spacial score (nSPS) is 10.6. The first kappa shape index (κ1) is 10.2. The lowest BCUT2D eigenvalue weighted by atomic mass is 10.3. The Kier molecular flexibility index (Phi) is 2.73. The van der Waals surface area contributed by atoms with Crippen LogP contribution in [0.1, 0.15) is 22.8 Å². The molecular formula is C10H13N3OS. The molecule has 0 saturated heterocycles. The van der Waals surface area contributed by atoms with Crippen molar-refractivity contribution in [3.8, 4) is 0 Å². The number of nitrogens with zero attached hydrogens (tertiary/aromatic N) is 2. The van der Waals surface area contributed by atoms with E-state index >= 15 is 0 Å². The van der Waals surface area contributed by atoms with Gasteiger partial charge in [0.1, 0.15) is 11.5 Å². The second-order valence-electron chi connectivity index (χ2n) is 3.50. The Bertz CT molecular complexity index is 441. The van der Waals surface area contributed by atoms with Crippen molar-refractivity contribution in [3.63, 3.8) is 0 Å². The highest BCUT2D eigenvalue weighted by atomic mass is 32.1.